The van der Waals surface area contributed by atoms with Gasteiger partial charge in [0.25, 0.3) is 0 Å². The van der Waals surface area contributed by atoms with E-state index in [0.717, 1.165) is 38.8 Å². The van der Waals surface area contributed by atoms with Crippen LogP contribution >= 0.6 is 0 Å². The number of likely N-dealkylation sites (tertiary alicyclic amines) is 1. The van der Waals surface area contributed by atoms with Crippen LogP contribution < -0.4 is 5.32 Å². The van der Waals surface area contributed by atoms with Crippen molar-refractivity contribution >= 4 is 17.8 Å². The molecule has 1 saturated heterocycles. The fourth-order valence-corrected chi connectivity index (χ4v) is 3.82. The second-order valence-corrected chi connectivity index (χ2v) is 7.32. The maximum absolute atomic E-state index is 12.4. The third kappa shape index (κ3) is 5.54. The van der Waals surface area contributed by atoms with E-state index in [-0.39, 0.29) is 18.4 Å². The van der Waals surface area contributed by atoms with Gasteiger partial charge in [0, 0.05) is 19.5 Å². The maximum Gasteiger partial charge on any atom is 0.248 e. The van der Waals surface area contributed by atoms with Gasteiger partial charge in [-0.25, -0.2) is 9.67 Å². The lowest BCUT2D eigenvalue weighted by Crippen LogP contribution is -2.34. The highest BCUT2D eigenvalue weighted by Gasteiger charge is 2.19. The van der Waals surface area contributed by atoms with Crippen LogP contribution in [-0.2, 0) is 16.1 Å². The van der Waals surface area contributed by atoms with Gasteiger partial charge in [-0.1, -0.05) is 32.1 Å². The van der Waals surface area contributed by atoms with Gasteiger partial charge in [-0.2, -0.15) is 0 Å². The average molecular weight is 347 g/mol. The van der Waals surface area contributed by atoms with Crippen LogP contribution in [0.1, 0.15) is 64.2 Å². The largest absolute Gasteiger partial charge is 0.341 e. The molecule has 25 heavy (non-hydrogen) atoms. The molecule has 2 fully saturated rings. The predicted octanol–water partition coefficient (Wildman–Crippen LogP) is 2.59. The summed E-state index contributed by atoms with van der Waals surface area (Å²) in [5, 5.41) is 6.99. The smallest absolute Gasteiger partial charge is 0.248 e. The lowest BCUT2D eigenvalue weighted by atomic mass is 9.87. The van der Waals surface area contributed by atoms with Gasteiger partial charge < -0.3 is 4.90 Å². The molecular formula is C18H29N5O2. The lowest BCUT2D eigenvalue weighted by molar-refractivity contribution is -0.132. The number of hydrogen-bond donors (Lipinski definition) is 1. The molecule has 2 heterocycles. The van der Waals surface area contributed by atoms with Crippen molar-refractivity contribution in [2.24, 2.45) is 5.92 Å². The SMILES string of the molecule is O=C(CC1CCCCC1)Nc1ncn(CC(=O)N2CCCCCC2)n1. The number of nitrogens with one attached hydrogen (secondary N) is 1. The highest BCUT2D eigenvalue weighted by Crippen LogP contribution is 2.26. The summed E-state index contributed by atoms with van der Waals surface area (Å²) in [6.45, 7) is 1.85. The molecule has 0 atom stereocenters. The number of nitrogens with zero attached hydrogens (tertiary/aromatic N) is 4. The van der Waals surface area contributed by atoms with E-state index < -0.39 is 0 Å². The monoisotopic (exact) mass is 347 g/mol. The highest BCUT2D eigenvalue weighted by atomic mass is 16.2. The van der Waals surface area contributed by atoms with E-state index in [1.807, 2.05) is 4.90 Å². The van der Waals surface area contributed by atoms with E-state index in [4.69, 9.17) is 0 Å². The van der Waals surface area contributed by atoms with E-state index in [1.165, 1.54) is 43.1 Å². The Hall–Kier alpha value is -1.92. The van der Waals surface area contributed by atoms with Crippen LogP contribution in [0.3, 0.4) is 0 Å². The third-order valence-electron chi connectivity index (χ3n) is 5.24. The molecule has 1 saturated carbocycles. The molecule has 7 heteroatoms. The van der Waals surface area contributed by atoms with E-state index in [9.17, 15) is 9.59 Å². The first kappa shape index (κ1) is 17.9. The van der Waals surface area contributed by atoms with Crippen LogP contribution in [0.4, 0.5) is 5.95 Å². The highest BCUT2D eigenvalue weighted by molar-refractivity contribution is 5.89. The van der Waals surface area contributed by atoms with Gasteiger partial charge in [0.15, 0.2) is 0 Å². The van der Waals surface area contributed by atoms with Gasteiger partial charge in [-0.3, -0.25) is 14.9 Å². The molecule has 138 valence electrons. The zero-order valence-electron chi connectivity index (χ0n) is 15.0. The van der Waals surface area contributed by atoms with Gasteiger partial charge >= 0.3 is 0 Å². The first-order valence-corrected chi connectivity index (χ1v) is 9.68. The lowest BCUT2D eigenvalue weighted by Gasteiger charge is -2.20. The fraction of sp³-hybridized carbons (Fsp3) is 0.778. The number of anilines is 1. The molecule has 1 aromatic rings. The summed E-state index contributed by atoms with van der Waals surface area (Å²) in [6, 6.07) is 0. The molecular weight excluding hydrogens is 318 g/mol. The third-order valence-corrected chi connectivity index (χ3v) is 5.24. The Morgan fingerprint density at radius 3 is 2.44 bits per heavy atom. The Morgan fingerprint density at radius 2 is 1.72 bits per heavy atom. The number of carbonyl (C=O) groups is 2. The fourth-order valence-electron chi connectivity index (χ4n) is 3.82. The summed E-state index contributed by atoms with van der Waals surface area (Å²) < 4.78 is 1.52. The van der Waals surface area contributed by atoms with Crippen molar-refractivity contribution in [3.8, 4) is 0 Å². The van der Waals surface area contributed by atoms with Gasteiger partial charge in [-0.05, 0) is 31.6 Å². The summed E-state index contributed by atoms with van der Waals surface area (Å²) in [6.07, 6.45) is 12.6. The Morgan fingerprint density at radius 1 is 1.04 bits per heavy atom. The van der Waals surface area contributed by atoms with Gasteiger partial charge in [0.05, 0.1) is 0 Å². The molecule has 1 aliphatic carbocycles. The molecule has 2 aliphatic rings. The number of amides is 2. The summed E-state index contributed by atoms with van der Waals surface area (Å²) in [5.74, 6) is 0.834. The van der Waals surface area contributed by atoms with Crippen LogP contribution in [0, 0.1) is 5.92 Å². The number of aromatic nitrogens is 3. The van der Waals surface area contributed by atoms with E-state index in [1.54, 1.807) is 0 Å². The molecule has 0 aromatic carbocycles. The molecule has 0 bridgehead atoms. The van der Waals surface area contributed by atoms with Crippen LogP contribution in [0.5, 0.6) is 0 Å². The van der Waals surface area contributed by atoms with Crippen LogP contribution in [-0.4, -0.2) is 44.6 Å². The molecule has 2 amide bonds. The molecule has 1 N–H and O–H groups in total. The Bertz CT molecular complexity index is 572. The molecule has 0 spiro atoms. The normalized spacial score (nSPS) is 19.4. The topological polar surface area (TPSA) is 80.1 Å². The maximum atomic E-state index is 12.4. The minimum Gasteiger partial charge on any atom is -0.341 e. The summed E-state index contributed by atoms with van der Waals surface area (Å²) >= 11 is 0. The van der Waals surface area contributed by atoms with Crippen molar-refractivity contribution in [1.82, 2.24) is 19.7 Å². The summed E-state index contributed by atoms with van der Waals surface area (Å²) in [4.78, 5) is 30.5. The van der Waals surface area contributed by atoms with E-state index >= 15 is 0 Å². The van der Waals surface area contributed by atoms with E-state index in [2.05, 4.69) is 15.4 Å². The molecule has 3 rings (SSSR count). The molecule has 1 aromatic heterocycles. The number of rotatable bonds is 5. The standard InChI is InChI=1S/C18H29N5O2/c24-16(12-15-8-4-3-5-9-15)20-18-19-14-23(21-18)13-17(25)22-10-6-1-2-7-11-22/h14-15H,1-13H2,(H,20,21,24). The van der Waals surface area contributed by atoms with Gasteiger partial charge in [0.2, 0.25) is 17.8 Å². The van der Waals surface area contributed by atoms with E-state index in [0.29, 0.717) is 18.3 Å². The van der Waals surface area contributed by atoms with Gasteiger partial charge in [-0.15, -0.1) is 5.10 Å². The minimum absolute atomic E-state index is 0.0245. The van der Waals surface area contributed by atoms with Crippen LogP contribution in [0.15, 0.2) is 6.33 Å². The molecule has 7 nitrogen and oxygen atoms in total. The Balaban J connectivity index is 1.46. The quantitative estimate of drug-likeness (QED) is 0.888. The summed E-state index contributed by atoms with van der Waals surface area (Å²) in [5.41, 5.74) is 0. The van der Waals surface area contributed by atoms with Crippen LogP contribution in [0.2, 0.25) is 0 Å². The molecule has 0 radical (unpaired) electrons. The predicted molar refractivity (Wildman–Crippen MR) is 94.9 cm³/mol. The van der Waals surface area contributed by atoms with Crippen molar-refractivity contribution in [3.63, 3.8) is 0 Å². The number of hydrogen-bond acceptors (Lipinski definition) is 4. The van der Waals surface area contributed by atoms with Crippen LogP contribution in [0.25, 0.3) is 0 Å². The zero-order chi connectivity index (χ0) is 17.5. The zero-order valence-corrected chi connectivity index (χ0v) is 15.0. The van der Waals surface area contributed by atoms with Crippen molar-refractivity contribution in [2.45, 2.75) is 70.8 Å². The first-order valence-electron chi connectivity index (χ1n) is 9.68. The molecule has 0 unspecified atom stereocenters. The van der Waals surface area contributed by atoms with Crippen molar-refractivity contribution in [2.75, 3.05) is 18.4 Å². The van der Waals surface area contributed by atoms with Gasteiger partial charge in [0.1, 0.15) is 12.9 Å². The summed E-state index contributed by atoms with van der Waals surface area (Å²) in [7, 11) is 0. The Kier molecular flexibility index (Phi) is 6.42. The second-order valence-electron chi connectivity index (χ2n) is 7.32. The first-order chi connectivity index (χ1) is 12.2. The van der Waals surface area contributed by atoms with Crippen molar-refractivity contribution < 1.29 is 9.59 Å². The Labute approximate surface area is 149 Å². The van der Waals surface area contributed by atoms with Crippen molar-refractivity contribution in [1.29, 1.82) is 0 Å². The van der Waals surface area contributed by atoms with Crippen molar-refractivity contribution in [3.05, 3.63) is 6.33 Å². The molecule has 1 aliphatic heterocycles. The number of carbonyl (C=O) groups excluding carboxylic acids is 2. The second kappa shape index (κ2) is 8.97. The average Bonchev–Trinajstić information content (AvgIpc) is 2.86. The minimum atomic E-state index is -0.0245.